The Hall–Kier alpha value is 4.21. The van der Waals surface area contributed by atoms with Crippen LogP contribution in [0.15, 0.2) is 0 Å². The Bertz CT molecular complexity index is 1540. The number of hydrogen-bond acceptors (Lipinski definition) is 28. The van der Waals surface area contributed by atoms with Crippen LogP contribution < -0.4 is 0 Å². The average Bonchev–Trinajstić information content (AvgIpc) is 3.30. The van der Waals surface area contributed by atoms with Crippen molar-refractivity contribution in [1.82, 2.24) is 0 Å². The molecule has 0 aromatic carbocycles. The van der Waals surface area contributed by atoms with E-state index in [0.717, 1.165) is 6.55 Å². The van der Waals surface area contributed by atoms with Crippen molar-refractivity contribution in [2.24, 2.45) is 5.41 Å². The van der Waals surface area contributed by atoms with Gasteiger partial charge in [0, 0.05) is 13.0 Å². The van der Waals surface area contributed by atoms with Gasteiger partial charge in [0.15, 0.2) is 73.3 Å². The summed E-state index contributed by atoms with van der Waals surface area (Å²) in [5, 5.41) is 0. The zero-order valence-electron chi connectivity index (χ0n) is 44.2. The fraction of sp³-hybridized carbons (Fsp3) is 1.00. The van der Waals surface area contributed by atoms with Crippen molar-refractivity contribution in [1.29, 1.82) is 0 Å². The summed E-state index contributed by atoms with van der Waals surface area (Å²) < 4.78 is 116. The first-order valence-electron chi connectivity index (χ1n) is 22.4. The van der Waals surface area contributed by atoms with E-state index in [0.29, 0.717) is 5.41 Å². The molecule has 0 aromatic rings. The molecule has 17 N–H and O–H groups in total. The third-order valence-corrected chi connectivity index (χ3v) is 283. The van der Waals surface area contributed by atoms with Crippen molar-refractivity contribution in [3.05, 3.63) is 0 Å². The highest BCUT2D eigenvalue weighted by atomic mass is 30.4. The van der Waals surface area contributed by atoms with Crippen LogP contribution in [0.4, 0.5) is 13.2 Å². The fourth-order valence-electron chi connectivity index (χ4n) is 7.50. The molecule has 58 heteroatoms. The summed E-state index contributed by atoms with van der Waals surface area (Å²) in [5.74, 6) is 0. The van der Waals surface area contributed by atoms with Gasteiger partial charge in [0.2, 0.25) is 56.3 Å². The Kier molecular flexibility index (Phi) is 39.7. The molecule has 0 rings (SSSR count). The number of halogens is 3. The van der Waals surface area contributed by atoms with Gasteiger partial charge in [-0.15, -0.1) is 0 Å². The van der Waals surface area contributed by atoms with E-state index in [1.165, 1.54) is 20.2 Å². The Balaban J connectivity index is -0.00000456. The van der Waals surface area contributed by atoms with Crippen LogP contribution in [0.5, 0.6) is 0 Å². The summed E-state index contributed by atoms with van der Waals surface area (Å²) in [6.45, 7) is -9.00. The predicted octanol–water partition coefficient (Wildman–Crippen LogP) is -20.4. The van der Waals surface area contributed by atoms with Gasteiger partial charge in [0.25, 0.3) is 63.8 Å². The Morgan fingerprint density at radius 2 is 0.892 bits per heavy atom. The Labute approximate surface area is 474 Å². The van der Waals surface area contributed by atoms with E-state index < -0.39 is 252 Å². The van der Waals surface area contributed by atoms with Gasteiger partial charge in [-0.05, 0) is 50.7 Å². The fourth-order valence-corrected chi connectivity index (χ4v) is 451. The minimum Gasteiger partial charge on any atom is -0.527 e. The minimum absolute atomic E-state index is 0.500. The molecule has 0 aromatic heterocycles. The van der Waals surface area contributed by atoms with Crippen LogP contribution in [0, 0.1) is 5.41 Å². The third kappa shape index (κ3) is 21.6. The molecule has 0 heterocycles. The van der Waals surface area contributed by atoms with Gasteiger partial charge in [-0.1, -0.05) is 27.7 Å². The Morgan fingerprint density at radius 3 is 1.15 bits per heavy atom. The van der Waals surface area contributed by atoms with Gasteiger partial charge in [-0.2, -0.15) is 13.2 Å². The van der Waals surface area contributed by atoms with Gasteiger partial charge in [0.1, 0.15) is 0 Å². The van der Waals surface area contributed by atoms with E-state index in [4.69, 9.17) is 37.0 Å². The molecule has 0 aliphatic carbocycles. The third-order valence-electron chi connectivity index (χ3n) is 10.7. The lowest BCUT2D eigenvalue weighted by Gasteiger charge is -2.67. The van der Waals surface area contributed by atoms with Gasteiger partial charge in [0.05, 0.1) is 7.11 Å². The summed E-state index contributed by atoms with van der Waals surface area (Å²) >= 11 is 0. The second-order valence-electron chi connectivity index (χ2n) is 19.8. The molecule has 0 aliphatic heterocycles. The van der Waals surface area contributed by atoms with Crippen LogP contribution in [-0.4, -0.2) is 328 Å². The summed E-state index contributed by atoms with van der Waals surface area (Å²) in [7, 11) is -77.3. The highest BCUT2D eigenvalue weighted by Crippen LogP contribution is 2.49. The summed E-state index contributed by atoms with van der Waals surface area (Å²) in [6.07, 6.45) is -6.72. The van der Waals surface area contributed by atoms with E-state index in [1.807, 2.05) is 0 Å². The van der Waals surface area contributed by atoms with Crippen molar-refractivity contribution in [3.63, 3.8) is 0 Å². The lowest BCUT2D eigenvalue weighted by Crippen LogP contribution is -3.09. The Morgan fingerprint density at radius 1 is 0.514 bits per heavy atom. The number of rotatable bonds is 37. The maximum Gasteiger partial charge on any atom is 0.498 e. The first-order valence-corrected chi connectivity index (χ1v) is 89.8. The van der Waals surface area contributed by atoms with Gasteiger partial charge in [-0.3, -0.25) is 0 Å². The molecular formula is C16H87F3O28Si27. The van der Waals surface area contributed by atoms with E-state index in [2.05, 4.69) is 32.1 Å². The standard InChI is InChI=1S/C9H69F3O26Si26.C5H12.C2H6O2Si/c1-54(2,3)35-55(4,5)36-60(37-58(46-20,47-21)30-39-13,63(53-27,34-43-17)57(29,44-18)45-19)64(61(49-23,50-24)32-41-15,62(51-25,52-26)33-42-16)38-59(48-22,31-40-14)56(6,28)8-7-9(10,11)12;1-5(2,3)4;1-4-5(2)3/h13-29H,7-8,39-53H2,1-6H3;1-4H3;1-2H3. The monoisotopic (exact) mass is 1540 g/mol. The molecule has 0 spiro atoms. The lowest BCUT2D eigenvalue weighted by atomic mass is 10.0. The van der Waals surface area contributed by atoms with Crippen LogP contribution in [0.2, 0.25) is 51.9 Å². The average molecular weight is 1540 g/mol. The van der Waals surface area contributed by atoms with E-state index in [-0.39, 0.29) is 0 Å². The van der Waals surface area contributed by atoms with Gasteiger partial charge in [-0.25, -0.2) is 0 Å². The second-order valence-corrected chi connectivity index (χ2v) is 168. The molecule has 448 valence electrons. The smallest absolute Gasteiger partial charge is 0.498 e. The van der Waals surface area contributed by atoms with Crippen molar-refractivity contribution in [2.75, 3.05) is 7.11 Å². The SMILES string of the molecule is CC(C)(C)C.CO[Si](C)=O.C[Si](C)(C)O[Si](C)(C)O[Si](O[Si](O[SiH2]O)([SiH2]O)[SiH2]O)([Si](O[SiH2]O)([SiH2]O)[Si](O)([SiH2]O)[SiH2]O)[Si](O[Si](O[SiH2]O)([SiH2]O)[Si](C)(O)CCC(F)(F)F)([Si](O[SiH2]O)([SiH2]O)[SiH2]O)[Si](O[SiH2]O)([SiH2]O)[SiH2]O. The normalized spacial score (nSPS) is 22.6. The molecule has 0 aliphatic rings. The topological polar surface area (TPSA) is 453 Å². The molecule has 28 nitrogen and oxygen atoms in total. The van der Waals surface area contributed by atoms with E-state index >= 15 is 0 Å². The number of hydrogen-bond donors (Lipinski definition) is 17. The maximum absolute atomic E-state index is 14.1. The zero-order chi connectivity index (χ0) is 59.2. The zero-order valence-corrected chi connectivity index (χ0v) is 77.5. The second kappa shape index (κ2) is 35.6. The largest absolute Gasteiger partial charge is 0.527 e. The molecule has 4 unspecified atom stereocenters. The van der Waals surface area contributed by atoms with Crippen molar-refractivity contribution >= 4 is 234 Å². The highest BCUT2D eigenvalue weighted by Gasteiger charge is 2.94. The predicted molar refractivity (Wildman–Crippen MR) is 334 cm³/mol. The van der Waals surface area contributed by atoms with Gasteiger partial charge < -0.3 is 127 Å². The van der Waals surface area contributed by atoms with Crippen LogP contribution in [0.25, 0.3) is 0 Å². The summed E-state index contributed by atoms with van der Waals surface area (Å²) in [6, 6.07) is -1.22. The molecule has 0 saturated carbocycles. The molecule has 0 fully saturated rings. The van der Waals surface area contributed by atoms with Crippen LogP contribution >= 0.6 is 0 Å². The van der Waals surface area contributed by atoms with Gasteiger partial charge >= 0.3 is 46.5 Å². The first kappa shape index (κ1) is 82.4. The van der Waals surface area contributed by atoms with Crippen LogP contribution in [0.3, 0.4) is 0 Å². The maximum atomic E-state index is 14.1. The first-order chi connectivity index (χ1) is 33.7. The lowest BCUT2D eigenvalue weighted by molar-refractivity contribution is -0.131. The van der Waals surface area contributed by atoms with Crippen molar-refractivity contribution in [2.45, 2.75) is 92.2 Å². The molecule has 0 saturated heterocycles. The van der Waals surface area contributed by atoms with E-state index in [9.17, 15) is 99.2 Å². The molecule has 4 atom stereocenters. The van der Waals surface area contributed by atoms with Crippen LogP contribution in [-0.2, 0) is 45.9 Å². The van der Waals surface area contributed by atoms with Crippen LogP contribution in [0.1, 0.15) is 34.1 Å². The van der Waals surface area contributed by atoms with Crippen molar-refractivity contribution in [3.8, 4) is 0 Å². The van der Waals surface area contributed by atoms with Crippen molar-refractivity contribution < 1.29 is 141 Å². The molecule has 74 heavy (non-hydrogen) atoms. The molecule has 0 amide bonds. The van der Waals surface area contributed by atoms with E-state index in [1.54, 1.807) is 26.2 Å². The summed E-state index contributed by atoms with van der Waals surface area (Å²) in [4.78, 5) is 198. The molecular weight excluding hydrogens is 1460 g/mol. The minimum atomic E-state index is -6.41. The summed E-state index contributed by atoms with van der Waals surface area (Å²) in [5.41, 5.74) is 0.500. The number of alkyl halides is 3. The quantitative estimate of drug-likeness (QED) is 0.0257. The highest BCUT2D eigenvalue weighted by molar-refractivity contribution is 8.19. The molecule has 0 bridgehead atoms. The molecule has 0 radical (unpaired) electrons.